The first-order valence-electron chi connectivity index (χ1n) is 9.25. The fraction of sp³-hybridized carbons (Fsp3) is 0.261. The van der Waals surface area contributed by atoms with Crippen LogP contribution >= 0.6 is 12.2 Å². The lowest BCUT2D eigenvalue weighted by Crippen LogP contribution is -2.45. The largest absolute Gasteiger partial charge is 0.352 e. The molecule has 1 atom stereocenters. The second kappa shape index (κ2) is 7.08. The molecule has 0 saturated carbocycles. The number of rotatable bonds is 2. The summed E-state index contributed by atoms with van der Waals surface area (Å²) < 4.78 is 0. The Morgan fingerprint density at radius 2 is 1.58 bits per heavy atom. The molecule has 2 aromatic carbocycles. The summed E-state index contributed by atoms with van der Waals surface area (Å²) in [6.45, 7) is 4.25. The fourth-order valence-electron chi connectivity index (χ4n) is 3.79. The van der Waals surface area contributed by atoms with E-state index < -0.39 is 0 Å². The van der Waals surface area contributed by atoms with Gasteiger partial charge >= 0.3 is 0 Å². The summed E-state index contributed by atoms with van der Waals surface area (Å²) in [6.07, 6.45) is 5.67. The highest BCUT2D eigenvalue weighted by atomic mass is 32.1. The highest BCUT2D eigenvalue weighted by Crippen LogP contribution is 2.38. The van der Waals surface area contributed by atoms with Gasteiger partial charge in [-0.05, 0) is 73.7 Å². The summed E-state index contributed by atoms with van der Waals surface area (Å²) in [5.74, 6) is 0. The summed E-state index contributed by atoms with van der Waals surface area (Å²) >= 11 is 5.53. The molecule has 4 rings (SSSR count). The minimum absolute atomic E-state index is 0.168. The minimum Gasteiger partial charge on any atom is -0.352 e. The van der Waals surface area contributed by atoms with Crippen molar-refractivity contribution in [2.24, 2.45) is 0 Å². The molecule has 0 fully saturated rings. The van der Waals surface area contributed by atoms with Crippen LogP contribution in [-0.2, 0) is 0 Å². The van der Waals surface area contributed by atoms with E-state index in [0.29, 0.717) is 5.11 Å². The van der Waals surface area contributed by atoms with Crippen molar-refractivity contribution in [1.29, 1.82) is 0 Å². The topological polar surface area (TPSA) is 24.1 Å². The number of aryl methyl sites for hydroxylation is 2. The maximum absolute atomic E-state index is 5.53. The molecule has 1 aliphatic carbocycles. The van der Waals surface area contributed by atoms with Gasteiger partial charge in [-0.15, -0.1) is 0 Å². The van der Waals surface area contributed by atoms with Gasteiger partial charge in [-0.2, -0.15) is 0 Å². The van der Waals surface area contributed by atoms with Crippen molar-refractivity contribution in [3.8, 4) is 0 Å². The molecule has 0 amide bonds. The molecule has 2 nitrogen and oxygen atoms in total. The van der Waals surface area contributed by atoms with E-state index in [-0.39, 0.29) is 6.04 Å². The van der Waals surface area contributed by atoms with Crippen molar-refractivity contribution < 1.29 is 0 Å². The lowest BCUT2D eigenvalue weighted by molar-refractivity contribution is 0.609. The molecule has 1 aliphatic heterocycles. The van der Waals surface area contributed by atoms with Crippen LogP contribution in [0.5, 0.6) is 0 Å². The summed E-state index contributed by atoms with van der Waals surface area (Å²) in [5.41, 5.74) is 9.11. The van der Waals surface area contributed by atoms with Gasteiger partial charge in [0.15, 0.2) is 5.11 Å². The Hall–Kier alpha value is -2.39. The third-order valence-electron chi connectivity index (χ3n) is 5.23. The van der Waals surface area contributed by atoms with Crippen LogP contribution in [0.15, 0.2) is 65.4 Å². The van der Waals surface area contributed by atoms with Crippen LogP contribution < -0.4 is 10.6 Å². The Morgan fingerprint density at radius 1 is 0.923 bits per heavy atom. The van der Waals surface area contributed by atoms with Crippen molar-refractivity contribution in [2.75, 3.05) is 0 Å². The predicted octanol–water partition coefficient (Wildman–Crippen LogP) is 5.34. The Morgan fingerprint density at radius 3 is 2.27 bits per heavy atom. The standard InChI is InChI=1S/C23H24N2S/c1-15-6-10-17(11-7-15)14-19-4-3-5-20-21(24-23(26)25-22(19)20)18-12-8-16(2)9-13-18/h6-14,21H,3-5H2,1-2H3,(H2,24,25,26)/b19-14+/t21-/m0/s1. The first kappa shape index (κ1) is 17.0. The van der Waals surface area contributed by atoms with Crippen molar-refractivity contribution in [3.05, 3.63) is 87.6 Å². The van der Waals surface area contributed by atoms with Crippen molar-refractivity contribution >= 4 is 23.4 Å². The molecule has 0 bridgehead atoms. The fourth-order valence-corrected chi connectivity index (χ4v) is 4.01. The molecule has 2 aliphatic rings. The average molecular weight is 361 g/mol. The Labute approximate surface area is 161 Å². The summed E-state index contributed by atoms with van der Waals surface area (Å²) in [5, 5.41) is 7.64. The minimum atomic E-state index is 0.168. The lowest BCUT2D eigenvalue weighted by atomic mass is 9.83. The van der Waals surface area contributed by atoms with Gasteiger partial charge in [-0.3, -0.25) is 0 Å². The van der Waals surface area contributed by atoms with Gasteiger partial charge < -0.3 is 10.6 Å². The number of hydrogen-bond donors (Lipinski definition) is 2. The monoisotopic (exact) mass is 360 g/mol. The quantitative estimate of drug-likeness (QED) is 0.707. The van der Waals surface area contributed by atoms with Gasteiger partial charge in [0, 0.05) is 5.70 Å². The second-order valence-electron chi connectivity index (χ2n) is 7.28. The molecule has 0 spiro atoms. The Kier molecular flexibility index (Phi) is 4.64. The van der Waals surface area contributed by atoms with Crippen LogP contribution in [0.2, 0.25) is 0 Å². The van der Waals surface area contributed by atoms with Crippen LogP contribution in [0.3, 0.4) is 0 Å². The molecule has 1 heterocycles. The van der Waals surface area contributed by atoms with Gasteiger partial charge in [-0.1, -0.05) is 59.7 Å². The summed E-state index contributed by atoms with van der Waals surface area (Å²) in [4.78, 5) is 0. The zero-order valence-corrected chi connectivity index (χ0v) is 16.1. The van der Waals surface area contributed by atoms with E-state index in [4.69, 9.17) is 12.2 Å². The van der Waals surface area contributed by atoms with Crippen molar-refractivity contribution in [3.63, 3.8) is 0 Å². The summed E-state index contributed by atoms with van der Waals surface area (Å²) in [6, 6.07) is 17.7. The molecule has 2 aromatic rings. The van der Waals surface area contributed by atoms with Crippen molar-refractivity contribution in [1.82, 2.24) is 10.6 Å². The first-order valence-corrected chi connectivity index (χ1v) is 9.66. The van der Waals surface area contributed by atoms with Gasteiger partial charge in [-0.25, -0.2) is 0 Å². The van der Waals surface area contributed by atoms with E-state index in [2.05, 4.69) is 79.1 Å². The van der Waals surface area contributed by atoms with Crippen LogP contribution in [-0.4, -0.2) is 5.11 Å². The van der Waals surface area contributed by atoms with Crippen LogP contribution in [0.1, 0.15) is 47.6 Å². The smallest absolute Gasteiger partial charge is 0.171 e. The van der Waals surface area contributed by atoms with Gasteiger partial charge in [0.25, 0.3) is 0 Å². The molecular formula is C23H24N2S. The van der Waals surface area contributed by atoms with Gasteiger partial charge in [0.05, 0.1) is 6.04 Å². The lowest BCUT2D eigenvalue weighted by Gasteiger charge is -2.36. The van der Waals surface area contributed by atoms with Crippen LogP contribution in [0, 0.1) is 13.8 Å². The maximum atomic E-state index is 5.53. The third kappa shape index (κ3) is 3.45. The molecule has 0 unspecified atom stereocenters. The highest BCUT2D eigenvalue weighted by molar-refractivity contribution is 7.80. The Balaban J connectivity index is 1.75. The average Bonchev–Trinajstić information content (AvgIpc) is 2.64. The SMILES string of the molecule is Cc1ccc(/C=C2\CCCC3=C2NC(=S)N[C@H]3c2ccc(C)cc2)cc1. The van der Waals surface area contributed by atoms with Crippen LogP contribution in [0.4, 0.5) is 0 Å². The normalized spacial score (nSPS) is 21.2. The number of nitrogens with one attached hydrogen (secondary N) is 2. The molecule has 0 saturated heterocycles. The third-order valence-corrected chi connectivity index (χ3v) is 5.45. The second-order valence-corrected chi connectivity index (χ2v) is 7.68. The molecule has 3 heteroatoms. The molecule has 132 valence electrons. The number of thiocarbonyl (C=S) groups is 1. The maximum Gasteiger partial charge on any atom is 0.171 e. The molecule has 0 radical (unpaired) electrons. The van der Waals surface area contributed by atoms with E-state index in [0.717, 1.165) is 12.8 Å². The molecule has 2 N–H and O–H groups in total. The van der Waals surface area contributed by atoms with E-state index in [9.17, 15) is 0 Å². The number of allylic oxidation sites excluding steroid dienone is 1. The Bertz CT molecular complexity index is 889. The van der Waals surface area contributed by atoms with E-state index in [1.807, 2.05) is 0 Å². The predicted molar refractivity (Wildman–Crippen MR) is 113 cm³/mol. The summed E-state index contributed by atoms with van der Waals surface area (Å²) in [7, 11) is 0. The molecule has 0 aromatic heterocycles. The van der Waals surface area contributed by atoms with E-state index in [1.54, 1.807) is 0 Å². The number of benzene rings is 2. The van der Waals surface area contributed by atoms with Crippen LogP contribution in [0.25, 0.3) is 6.08 Å². The molecule has 26 heavy (non-hydrogen) atoms. The first-order chi connectivity index (χ1) is 12.6. The van der Waals surface area contributed by atoms with E-state index in [1.165, 1.54) is 45.5 Å². The molecular weight excluding hydrogens is 336 g/mol. The highest BCUT2D eigenvalue weighted by Gasteiger charge is 2.30. The number of hydrogen-bond acceptors (Lipinski definition) is 1. The zero-order chi connectivity index (χ0) is 18.1. The van der Waals surface area contributed by atoms with Gasteiger partial charge in [0.2, 0.25) is 0 Å². The van der Waals surface area contributed by atoms with Gasteiger partial charge in [0.1, 0.15) is 0 Å². The van der Waals surface area contributed by atoms with E-state index >= 15 is 0 Å². The van der Waals surface area contributed by atoms with Crippen molar-refractivity contribution in [2.45, 2.75) is 39.2 Å². The zero-order valence-electron chi connectivity index (χ0n) is 15.3.